The number of alkyl carbamates (subject to hydrolysis) is 1. The van der Waals surface area contributed by atoms with Gasteiger partial charge in [-0.15, -0.1) is 0 Å². The molecule has 1 saturated heterocycles. The van der Waals surface area contributed by atoms with Gasteiger partial charge in [-0.1, -0.05) is 0 Å². The highest BCUT2D eigenvalue weighted by Gasteiger charge is 2.26. The van der Waals surface area contributed by atoms with Crippen LogP contribution in [0.1, 0.15) is 35.7 Å². The molecular weight excluding hydrogens is 324 g/mol. The molecule has 25 heavy (non-hydrogen) atoms. The summed E-state index contributed by atoms with van der Waals surface area (Å²) in [5.74, 6) is 1.12. The number of methoxy groups -OCH3 is 2. The van der Waals surface area contributed by atoms with E-state index >= 15 is 0 Å². The summed E-state index contributed by atoms with van der Waals surface area (Å²) in [6.07, 6.45) is 1.20. The van der Waals surface area contributed by atoms with E-state index in [1.807, 2.05) is 6.92 Å². The molecule has 1 aliphatic rings. The molecule has 7 heteroatoms. The number of hydrogen-bond acceptors (Lipinski definition) is 5. The number of carbonyl (C=O) groups is 2. The van der Waals surface area contributed by atoms with E-state index in [2.05, 4.69) is 5.32 Å². The quantitative estimate of drug-likeness (QED) is 0.882. The largest absolute Gasteiger partial charge is 0.496 e. The van der Waals surface area contributed by atoms with E-state index in [-0.39, 0.29) is 11.9 Å². The van der Waals surface area contributed by atoms with Gasteiger partial charge < -0.3 is 24.4 Å². The second kappa shape index (κ2) is 8.60. The van der Waals surface area contributed by atoms with E-state index in [0.717, 1.165) is 18.4 Å². The van der Waals surface area contributed by atoms with E-state index in [1.54, 1.807) is 38.2 Å². The minimum absolute atomic E-state index is 0.105. The normalized spacial score (nSPS) is 17.0. The zero-order chi connectivity index (χ0) is 18.4. The maximum Gasteiger partial charge on any atom is 0.407 e. The molecule has 1 atom stereocenters. The van der Waals surface area contributed by atoms with Crippen LogP contribution in [0.3, 0.4) is 0 Å². The molecule has 138 valence electrons. The van der Waals surface area contributed by atoms with Crippen LogP contribution in [0.15, 0.2) is 12.1 Å². The third-order valence-corrected chi connectivity index (χ3v) is 4.31. The molecule has 1 fully saturated rings. The predicted molar refractivity (Wildman–Crippen MR) is 93.4 cm³/mol. The van der Waals surface area contributed by atoms with Gasteiger partial charge in [0.25, 0.3) is 5.91 Å². The number of amides is 2. The molecule has 1 heterocycles. The fraction of sp³-hybridized carbons (Fsp3) is 0.556. The highest BCUT2D eigenvalue weighted by Crippen LogP contribution is 2.30. The van der Waals surface area contributed by atoms with Crippen molar-refractivity contribution in [3.63, 3.8) is 0 Å². The number of piperidine rings is 1. The van der Waals surface area contributed by atoms with Gasteiger partial charge in [0.1, 0.15) is 11.5 Å². The third kappa shape index (κ3) is 4.55. The van der Waals surface area contributed by atoms with Gasteiger partial charge in [0.05, 0.1) is 20.8 Å². The van der Waals surface area contributed by atoms with Crippen LogP contribution in [0.2, 0.25) is 0 Å². The minimum atomic E-state index is -0.444. The van der Waals surface area contributed by atoms with E-state index in [0.29, 0.717) is 36.8 Å². The lowest BCUT2D eigenvalue weighted by atomic mass is 10.0. The fourth-order valence-electron chi connectivity index (χ4n) is 3.01. The number of rotatable bonds is 5. The lowest BCUT2D eigenvalue weighted by molar-refractivity contribution is 0.0685. The molecule has 0 radical (unpaired) electrons. The number of hydrogen-bond donors (Lipinski definition) is 1. The molecule has 7 nitrogen and oxygen atoms in total. The van der Waals surface area contributed by atoms with E-state index in [9.17, 15) is 9.59 Å². The van der Waals surface area contributed by atoms with Gasteiger partial charge in [-0.2, -0.15) is 0 Å². The standard InChI is InChI=1S/C18H26N2O5/c1-5-25-18(22)19-14-7-6-8-20(11-14)17(21)13-9-15(23-3)12(2)16(10-13)24-4/h9-10,14H,5-8,11H2,1-4H3,(H,19,22). The van der Waals surface area contributed by atoms with Crippen molar-refractivity contribution in [3.05, 3.63) is 23.3 Å². The maximum absolute atomic E-state index is 12.9. The second-order valence-corrected chi connectivity index (χ2v) is 5.96. The molecule has 0 bridgehead atoms. The summed E-state index contributed by atoms with van der Waals surface area (Å²) in [4.78, 5) is 26.2. The molecule has 0 spiro atoms. The number of nitrogens with one attached hydrogen (secondary N) is 1. The molecule has 1 aliphatic heterocycles. The summed E-state index contributed by atoms with van der Waals surface area (Å²) in [6, 6.07) is 3.34. The van der Waals surface area contributed by atoms with Crippen molar-refractivity contribution in [3.8, 4) is 11.5 Å². The molecular formula is C18H26N2O5. The van der Waals surface area contributed by atoms with Gasteiger partial charge in [0.15, 0.2) is 0 Å². The summed E-state index contributed by atoms with van der Waals surface area (Å²) in [5, 5.41) is 2.81. The first-order valence-corrected chi connectivity index (χ1v) is 8.45. The Kier molecular flexibility index (Phi) is 6.50. The Morgan fingerprint density at radius 3 is 2.44 bits per heavy atom. The van der Waals surface area contributed by atoms with E-state index in [4.69, 9.17) is 14.2 Å². The van der Waals surface area contributed by atoms with Gasteiger partial charge in [0.2, 0.25) is 0 Å². The average molecular weight is 350 g/mol. The van der Waals surface area contributed by atoms with Crippen LogP contribution in [0.5, 0.6) is 11.5 Å². The Bertz CT molecular complexity index is 607. The zero-order valence-electron chi connectivity index (χ0n) is 15.3. The van der Waals surface area contributed by atoms with Crippen molar-refractivity contribution in [2.75, 3.05) is 33.9 Å². The van der Waals surface area contributed by atoms with Crippen LogP contribution in [0, 0.1) is 6.92 Å². The first-order chi connectivity index (χ1) is 12.0. The molecule has 2 amide bonds. The molecule has 2 rings (SSSR count). The van der Waals surface area contributed by atoms with Gasteiger partial charge in [-0.25, -0.2) is 4.79 Å². The van der Waals surface area contributed by atoms with Crippen molar-refractivity contribution in [2.24, 2.45) is 0 Å². The van der Waals surface area contributed by atoms with Crippen LogP contribution in [0.25, 0.3) is 0 Å². The molecule has 1 aromatic carbocycles. The van der Waals surface area contributed by atoms with E-state index in [1.165, 1.54) is 0 Å². The number of nitrogens with zero attached hydrogens (tertiary/aromatic N) is 1. The first kappa shape index (κ1) is 18.9. The van der Waals surface area contributed by atoms with Crippen LogP contribution in [0.4, 0.5) is 4.79 Å². The van der Waals surface area contributed by atoms with Crippen LogP contribution >= 0.6 is 0 Å². The van der Waals surface area contributed by atoms with Crippen LogP contribution < -0.4 is 14.8 Å². The molecule has 1 aromatic rings. The minimum Gasteiger partial charge on any atom is -0.496 e. The molecule has 0 aromatic heterocycles. The molecule has 0 saturated carbocycles. The number of carbonyl (C=O) groups excluding carboxylic acids is 2. The Morgan fingerprint density at radius 2 is 1.88 bits per heavy atom. The lowest BCUT2D eigenvalue weighted by Crippen LogP contribution is -2.49. The maximum atomic E-state index is 12.9. The van der Waals surface area contributed by atoms with Crippen molar-refractivity contribution in [2.45, 2.75) is 32.7 Å². The predicted octanol–water partition coefficient (Wildman–Crippen LogP) is 2.36. The Balaban J connectivity index is 2.13. The monoisotopic (exact) mass is 350 g/mol. The number of likely N-dealkylation sites (tertiary alicyclic amines) is 1. The van der Waals surface area contributed by atoms with E-state index < -0.39 is 6.09 Å². The van der Waals surface area contributed by atoms with Crippen LogP contribution in [-0.2, 0) is 4.74 Å². The van der Waals surface area contributed by atoms with Crippen LogP contribution in [-0.4, -0.2) is 56.9 Å². The van der Waals surface area contributed by atoms with Gasteiger partial charge in [0, 0.05) is 30.3 Å². The summed E-state index contributed by atoms with van der Waals surface area (Å²) in [6.45, 7) is 5.07. The summed E-state index contributed by atoms with van der Waals surface area (Å²) in [5.41, 5.74) is 1.36. The highest BCUT2D eigenvalue weighted by atomic mass is 16.5. The summed E-state index contributed by atoms with van der Waals surface area (Å²) >= 11 is 0. The zero-order valence-corrected chi connectivity index (χ0v) is 15.3. The Hall–Kier alpha value is -2.44. The Morgan fingerprint density at radius 1 is 1.24 bits per heavy atom. The van der Waals surface area contributed by atoms with Crippen molar-refractivity contribution in [1.29, 1.82) is 0 Å². The number of benzene rings is 1. The fourth-order valence-corrected chi connectivity index (χ4v) is 3.01. The van der Waals surface area contributed by atoms with Gasteiger partial charge >= 0.3 is 6.09 Å². The molecule has 1 unspecified atom stereocenters. The summed E-state index contributed by atoms with van der Waals surface area (Å²) in [7, 11) is 3.13. The highest BCUT2D eigenvalue weighted by molar-refractivity contribution is 5.95. The van der Waals surface area contributed by atoms with Crippen molar-refractivity contribution >= 4 is 12.0 Å². The molecule has 0 aliphatic carbocycles. The SMILES string of the molecule is CCOC(=O)NC1CCCN(C(=O)c2cc(OC)c(C)c(OC)c2)C1. The number of ether oxygens (including phenoxy) is 3. The average Bonchev–Trinajstić information content (AvgIpc) is 2.61. The molecule has 1 N–H and O–H groups in total. The first-order valence-electron chi connectivity index (χ1n) is 8.45. The smallest absolute Gasteiger partial charge is 0.407 e. The lowest BCUT2D eigenvalue weighted by Gasteiger charge is -2.33. The van der Waals surface area contributed by atoms with Gasteiger partial charge in [-0.05, 0) is 38.8 Å². The summed E-state index contributed by atoms with van der Waals surface area (Å²) < 4.78 is 15.6. The van der Waals surface area contributed by atoms with Crippen molar-refractivity contribution in [1.82, 2.24) is 10.2 Å². The Labute approximate surface area is 148 Å². The van der Waals surface area contributed by atoms with Gasteiger partial charge in [-0.3, -0.25) is 4.79 Å². The second-order valence-electron chi connectivity index (χ2n) is 5.96. The topological polar surface area (TPSA) is 77.1 Å². The van der Waals surface area contributed by atoms with Crippen molar-refractivity contribution < 1.29 is 23.8 Å². The third-order valence-electron chi connectivity index (χ3n) is 4.31.